The quantitative estimate of drug-likeness (QED) is 0.221. The molecule has 0 unspecified atom stereocenters. The van der Waals surface area contributed by atoms with E-state index in [1.54, 1.807) is 13.8 Å². The normalized spacial score (nSPS) is 8.94. The minimum atomic E-state index is -0.911. The van der Waals surface area contributed by atoms with Gasteiger partial charge in [-0.15, -0.1) is 0 Å². The Morgan fingerprint density at radius 2 is 1.44 bits per heavy atom. The highest BCUT2D eigenvalue weighted by molar-refractivity contribution is 6.17. The average molecular weight is 230 g/mol. The molecule has 0 fully saturated rings. The maximum atomic E-state index is 11.3. The largest absolute Gasteiger partial charge is 0.466 e. The topological polar surface area (TPSA) is 78.9 Å². The zero-order valence-electron chi connectivity index (χ0n) is 9.44. The number of hydrogen-bond acceptors (Lipinski definition) is 6. The third-order valence-electron chi connectivity index (χ3n) is 1.45. The lowest BCUT2D eigenvalue weighted by Gasteiger charge is -2.05. The third-order valence-corrected chi connectivity index (χ3v) is 1.45. The minimum absolute atomic E-state index is 0.0940. The van der Waals surface area contributed by atoms with E-state index in [0.717, 1.165) is 13.2 Å². The fraction of sp³-hybridized carbons (Fsp3) is 0.500. The van der Waals surface area contributed by atoms with Crippen LogP contribution in [0.4, 0.5) is 0 Å². The van der Waals surface area contributed by atoms with Crippen LogP contribution >= 0.6 is 0 Å². The highest BCUT2D eigenvalue weighted by atomic mass is 16.6. The zero-order valence-corrected chi connectivity index (χ0v) is 9.44. The average Bonchev–Trinajstić information content (AvgIpc) is 2.25. The molecule has 0 saturated heterocycles. The molecule has 0 spiro atoms. The van der Waals surface area contributed by atoms with Gasteiger partial charge >= 0.3 is 17.9 Å². The van der Waals surface area contributed by atoms with E-state index in [0.29, 0.717) is 0 Å². The van der Waals surface area contributed by atoms with Crippen molar-refractivity contribution in [1.29, 1.82) is 0 Å². The van der Waals surface area contributed by atoms with Gasteiger partial charge in [0.05, 0.1) is 20.3 Å². The number of carbonyl (C=O) groups excluding carboxylic acids is 3. The van der Waals surface area contributed by atoms with E-state index >= 15 is 0 Å². The van der Waals surface area contributed by atoms with Crippen LogP contribution in [0.15, 0.2) is 11.6 Å². The Kier molecular flexibility index (Phi) is 6.58. The lowest BCUT2D eigenvalue weighted by Crippen LogP contribution is -2.20. The van der Waals surface area contributed by atoms with E-state index in [2.05, 4.69) is 14.2 Å². The van der Waals surface area contributed by atoms with Gasteiger partial charge in [-0.1, -0.05) is 0 Å². The molecule has 6 heteroatoms. The van der Waals surface area contributed by atoms with E-state index in [4.69, 9.17) is 0 Å². The number of rotatable bonds is 5. The molecule has 0 aliphatic carbocycles. The second kappa shape index (κ2) is 7.44. The monoisotopic (exact) mass is 230 g/mol. The Bertz CT molecular complexity index is 284. The van der Waals surface area contributed by atoms with E-state index in [9.17, 15) is 14.4 Å². The van der Waals surface area contributed by atoms with Crippen molar-refractivity contribution >= 4 is 17.9 Å². The van der Waals surface area contributed by atoms with Crippen molar-refractivity contribution in [3.05, 3.63) is 11.6 Å². The molecule has 0 rings (SSSR count). The summed E-state index contributed by atoms with van der Waals surface area (Å²) < 4.78 is 13.5. The summed E-state index contributed by atoms with van der Waals surface area (Å²) in [6.07, 6.45) is 0.746. The highest BCUT2D eigenvalue weighted by Gasteiger charge is 2.22. The number of carbonyl (C=O) groups is 3. The molecule has 0 aromatic rings. The smallest absolute Gasteiger partial charge is 0.345 e. The molecule has 0 bridgehead atoms. The molecule has 16 heavy (non-hydrogen) atoms. The standard InChI is InChI=1S/C10H14O6/c1-4-15-9(12)7(6-8(11)14-3)10(13)16-5-2/h6H,4-5H2,1-3H3. The number of hydrogen-bond donors (Lipinski definition) is 0. The fourth-order valence-corrected chi connectivity index (χ4v) is 0.796. The van der Waals surface area contributed by atoms with Crippen molar-refractivity contribution in [1.82, 2.24) is 0 Å². The predicted octanol–water partition coefficient (Wildman–Crippen LogP) is 0.212. The van der Waals surface area contributed by atoms with Gasteiger partial charge in [-0.25, -0.2) is 14.4 Å². The molecule has 0 amide bonds. The Hall–Kier alpha value is -1.85. The lowest BCUT2D eigenvalue weighted by molar-refractivity contribution is -0.147. The van der Waals surface area contributed by atoms with Crippen LogP contribution in [0.2, 0.25) is 0 Å². The van der Waals surface area contributed by atoms with Crippen molar-refractivity contribution in [2.45, 2.75) is 13.8 Å². The van der Waals surface area contributed by atoms with Crippen LogP contribution in [0.5, 0.6) is 0 Å². The first kappa shape index (κ1) is 14.2. The van der Waals surface area contributed by atoms with Gasteiger partial charge in [-0.05, 0) is 13.8 Å². The summed E-state index contributed by atoms with van der Waals surface area (Å²) in [6.45, 7) is 3.35. The molecule has 0 aliphatic rings. The Labute approximate surface area is 93.2 Å². The van der Waals surface area contributed by atoms with Gasteiger partial charge < -0.3 is 14.2 Å². The SMILES string of the molecule is CCOC(=O)C(=CC(=O)OC)C(=O)OCC. The fourth-order valence-electron chi connectivity index (χ4n) is 0.796. The van der Waals surface area contributed by atoms with Gasteiger partial charge in [0.1, 0.15) is 0 Å². The summed E-state index contributed by atoms with van der Waals surface area (Å²) in [4.78, 5) is 33.5. The molecular weight excluding hydrogens is 216 g/mol. The first-order chi connectivity index (χ1) is 7.56. The van der Waals surface area contributed by atoms with Crippen LogP contribution in [0.25, 0.3) is 0 Å². The van der Waals surface area contributed by atoms with Gasteiger partial charge in [-0.3, -0.25) is 0 Å². The van der Waals surface area contributed by atoms with Gasteiger partial charge in [0.15, 0.2) is 5.57 Å². The first-order valence-electron chi connectivity index (χ1n) is 4.70. The van der Waals surface area contributed by atoms with Crippen LogP contribution in [-0.4, -0.2) is 38.2 Å². The first-order valence-corrected chi connectivity index (χ1v) is 4.70. The molecule has 90 valence electrons. The Morgan fingerprint density at radius 3 is 1.75 bits per heavy atom. The number of methoxy groups -OCH3 is 1. The van der Waals surface area contributed by atoms with Gasteiger partial charge in [0, 0.05) is 6.08 Å². The summed E-state index contributed by atoms with van der Waals surface area (Å²) in [7, 11) is 1.13. The molecule has 0 aliphatic heterocycles. The molecule has 0 N–H and O–H groups in total. The van der Waals surface area contributed by atoms with Gasteiger partial charge in [-0.2, -0.15) is 0 Å². The third kappa shape index (κ3) is 4.59. The maximum Gasteiger partial charge on any atom is 0.345 e. The van der Waals surface area contributed by atoms with Crippen molar-refractivity contribution in [2.75, 3.05) is 20.3 Å². The van der Waals surface area contributed by atoms with Crippen LogP contribution in [-0.2, 0) is 28.6 Å². The maximum absolute atomic E-state index is 11.3. The number of esters is 3. The van der Waals surface area contributed by atoms with E-state index in [1.807, 2.05) is 0 Å². The van der Waals surface area contributed by atoms with Crippen molar-refractivity contribution in [3.8, 4) is 0 Å². The Morgan fingerprint density at radius 1 is 1.00 bits per heavy atom. The molecule has 0 aromatic carbocycles. The highest BCUT2D eigenvalue weighted by Crippen LogP contribution is 2.02. The number of ether oxygens (including phenoxy) is 3. The van der Waals surface area contributed by atoms with Crippen LogP contribution in [0.3, 0.4) is 0 Å². The Balaban J connectivity index is 4.89. The van der Waals surface area contributed by atoms with Crippen molar-refractivity contribution in [2.24, 2.45) is 0 Å². The van der Waals surface area contributed by atoms with Gasteiger partial charge in [0.2, 0.25) is 0 Å². The summed E-state index contributed by atoms with van der Waals surface area (Å²) in [5.74, 6) is -2.64. The summed E-state index contributed by atoms with van der Waals surface area (Å²) in [5, 5.41) is 0. The molecule has 0 aromatic heterocycles. The second-order valence-electron chi connectivity index (χ2n) is 2.52. The van der Waals surface area contributed by atoms with E-state index < -0.39 is 23.5 Å². The summed E-state index contributed by atoms with van der Waals surface area (Å²) in [6, 6.07) is 0. The van der Waals surface area contributed by atoms with Gasteiger partial charge in [0.25, 0.3) is 0 Å². The zero-order chi connectivity index (χ0) is 12.6. The van der Waals surface area contributed by atoms with Crippen molar-refractivity contribution in [3.63, 3.8) is 0 Å². The minimum Gasteiger partial charge on any atom is -0.466 e. The van der Waals surface area contributed by atoms with Crippen LogP contribution < -0.4 is 0 Å². The molecule has 0 saturated carbocycles. The molecule has 0 atom stereocenters. The lowest BCUT2D eigenvalue weighted by atomic mass is 10.2. The van der Waals surface area contributed by atoms with E-state index in [-0.39, 0.29) is 13.2 Å². The molecule has 0 radical (unpaired) electrons. The van der Waals surface area contributed by atoms with Crippen molar-refractivity contribution < 1.29 is 28.6 Å². The second-order valence-corrected chi connectivity index (χ2v) is 2.52. The summed E-state index contributed by atoms with van der Waals surface area (Å²) in [5.41, 5.74) is -0.476. The van der Waals surface area contributed by atoms with Crippen LogP contribution in [0, 0.1) is 0 Å². The van der Waals surface area contributed by atoms with Crippen LogP contribution in [0.1, 0.15) is 13.8 Å². The molecular formula is C10H14O6. The predicted molar refractivity (Wildman–Crippen MR) is 53.4 cm³/mol. The van der Waals surface area contributed by atoms with E-state index in [1.165, 1.54) is 0 Å². The molecule has 6 nitrogen and oxygen atoms in total. The molecule has 0 heterocycles. The summed E-state index contributed by atoms with van der Waals surface area (Å²) >= 11 is 0.